The molecule has 0 aliphatic rings. The van der Waals surface area contributed by atoms with Crippen LogP contribution in [-0.4, -0.2) is 5.91 Å². The van der Waals surface area contributed by atoms with Gasteiger partial charge in [-0.1, -0.05) is 11.6 Å². The number of halogens is 7. The molecule has 128 valence electrons. The standard InChI is InChI=1S/C15H8ClF6NO/c16-9-3-6-12(15(20,21)22)11(7-9)13(24)23-10-4-1-8(2-5-10)14(17,18)19/h1-7H,(H,23,24). The van der Waals surface area contributed by atoms with Gasteiger partial charge in [-0.25, -0.2) is 0 Å². The lowest BCUT2D eigenvalue weighted by Gasteiger charge is -2.13. The van der Waals surface area contributed by atoms with Crippen LogP contribution in [0.5, 0.6) is 0 Å². The Labute approximate surface area is 137 Å². The zero-order chi connectivity index (χ0) is 18.1. The lowest BCUT2D eigenvalue weighted by atomic mass is 10.1. The molecule has 0 radical (unpaired) electrons. The van der Waals surface area contributed by atoms with Gasteiger partial charge in [0.1, 0.15) is 0 Å². The fraction of sp³-hybridized carbons (Fsp3) is 0.133. The van der Waals surface area contributed by atoms with Gasteiger partial charge in [0.05, 0.1) is 16.7 Å². The molecule has 0 bridgehead atoms. The number of amides is 1. The molecule has 2 aromatic carbocycles. The summed E-state index contributed by atoms with van der Waals surface area (Å²) in [6.07, 6.45) is -9.34. The van der Waals surface area contributed by atoms with Crippen molar-refractivity contribution in [3.05, 3.63) is 64.2 Å². The van der Waals surface area contributed by atoms with E-state index in [1.165, 1.54) is 0 Å². The predicted octanol–water partition coefficient (Wildman–Crippen LogP) is 5.63. The summed E-state index contributed by atoms with van der Waals surface area (Å²) in [5.74, 6) is -1.13. The second-order valence-corrected chi connectivity index (χ2v) is 5.15. The fourth-order valence-electron chi connectivity index (χ4n) is 1.89. The van der Waals surface area contributed by atoms with E-state index < -0.39 is 35.0 Å². The summed E-state index contributed by atoms with van der Waals surface area (Å²) in [7, 11) is 0. The summed E-state index contributed by atoms with van der Waals surface area (Å²) in [5.41, 5.74) is -2.95. The molecule has 1 amide bonds. The van der Waals surface area contributed by atoms with Gasteiger partial charge in [0, 0.05) is 10.7 Å². The van der Waals surface area contributed by atoms with E-state index in [-0.39, 0.29) is 10.7 Å². The van der Waals surface area contributed by atoms with Crippen molar-refractivity contribution in [3.8, 4) is 0 Å². The molecule has 24 heavy (non-hydrogen) atoms. The molecule has 0 fully saturated rings. The summed E-state index contributed by atoms with van der Waals surface area (Å²) in [5, 5.41) is 2.03. The molecule has 2 rings (SSSR count). The summed E-state index contributed by atoms with van der Waals surface area (Å²) in [4.78, 5) is 12.0. The Bertz CT molecular complexity index is 752. The molecule has 0 aliphatic carbocycles. The van der Waals surface area contributed by atoms with E-state index in [0.717, 1.165) is 24.3 Å². The average Bonchev–Trinajstić information content (AvgIpc) is 2.45. The number of alkyl halides is 6. The number of hydrogen-bond acceptors (Lipinski definition) is 1. The molecule has 0 saturated heterocycles. The van der Waals surface area contributed by atoms with E-state index in [0.29, 0.717) is 18.2 Å². The second-order valence-electron chi connectivity index (χ2n) is 4.72. The smallest absolute Gasteiger partial charge is 0.322 e. The molecular weight excluding hydrogens is 360 g/mol. The van der Waals surface area contributed by atoms with E-state index in [1.807, 2.05) is 0 Å². The van der Waals surface area contributed by atoms with Gasteiger partial charge in [-0.2, -0.15) is 26.3 Å². The summed E-state index contributed by atoms with van der Waals surface area (Å²) >= 11 is 5.61. The highest BCUT2D eigenvalue weighted by Crippen LogP contribution is 2.34. The first kappa shape index (κ1) is 18.1. The Kier molecular flexibility index (Phi) is 4.80. The van der Waals surface area contributed by atoms with Gasteiger partial charge >= 0.3 is 12.4 Å². The van der Waals surface area contributed by atoms with E-state index in [1.54, 1.807) is 0 Å². The molecule has 0 saturated carbocycles. The van der Waals surface area contributed by atoms with E-state index in [9.17, 15) is 31.1 Å². The maximum atomic E-state index is 12.9. The van der Waals surface area contributed by atoms with Crippen LogP contribution < -0.4 is 5.32 Å². The van der Waals surface area contributed by atoms with Crippen molar-refractivity contribution in [2.24, 2.45) is 0 Å². The highest BCUT2D eigenvalue weighted by atomic mass is 35.5. The minimum absolute atomic E-state index is 0.0823. The van der Waals surface area contributed by atoms with Crippen molar-refractivity contribution >= 4 is 23.2 Å². The first-order chi connectivity index (χ1) is 11.0. The predicted molar refractivity (Wildman–Crippen MR) is 75.9 cm³/mol. The van der Waals surface area contributed by atoms with Crippen LogP contribution in [0, 0.1) is 0 Å². The van der Waals surface area contributed by atoms with Crippen molar-refractivity contribution in [2.75, 3.05) is 5.32 Å². The SMILES string of the molecule is O=C(Nc1ccc(C(F)(F)F)cc1)c1cc(Cl)ccc1C(F)(F)F. The molecule has 0 spiro atoms. The van der Waals surface area contributed by atoms with Gasteiger partial charge in [0.2, 0.25) is 0 Å². The molecule has 0 atom stereocenters. The van der Waals surface area contributed by atoms with Crippen molar-refractivity contribution in [2.45, 2.75) is 12.4 Å². The monoisotopic (exact) mass is 367 g/mol. The highest BCUT2D eigenvalue weighted by Gasteiger charge is 2.35. The topological polar surface area (TPSA) is 29.1 Å². The Morgan fingerprint density at radius 2 is 1.46 bits per heavy atom. The van der Waals surface area contributed by atoms with Crippen LogP contribution in [-0.2, 0) is 12.4 Å². The van der Waals surface area contributed by atoms with Crippen molar-refractivity contribution in [1.82, 2.24) is 0 Å². The molecule has 0 aromatic heterocycles. The van der Waals surface area contributed by atoms with Crippen molar-refractivity contribution < 1.29 is 31.1 Å². The first-order valence-corrected chi connectivity index (χ1v) is 6.71. The zero-order valence-electron chi connectivity index (χ0n) is 11.6. The van der Waals surface area contributed by atoms with Gasteiger partial charge in [0.25, 0.3) is 5.91 Å². The van der Waals surface area contributed by atoms with E-state index >= 15 is 0 Å². The Morgan fingerprint density at radius 1 is 0.875 bits per heavy atom. The Balaban J connectivity index is 2.29. The third-order valence-electron chi connectivity index (χ3n) is 3.00. The quantitative estimate of drug-likeness (QED) is 0.685. The largest absolute Gasteiger partial charge is 0.417 e. The second kappa shape index (κ2) is 6.35. The molecule has 0 aliphatic heterocycles. The Morgan fingerprint density at radius 3 is 1.96 bits per heavy atom. The normalized spacial score (nSPS) is 12.1. The van der Waals surface area contributed by atoms with Crippen LogP contribution in [0.15, 0.2) is 42.5 Å². The van der Waals surface area contributed by atoms with Crippen LogP contribution in [0.3, 0.4) is 0 Å². The van der Waals surface area contributed by atoms with E-state index in [4.69, 9.17) is 11.6 Å². The lowest BCUT2D eigenvalue weighted by Crippen LogP contribution is -2.18. The molecular formula is C15H8ClF6NO. The molecule has 0 heterocycles. The fourth-order valence-corrected chi connectivity index (χ4v) is 2.06. The summed E-state index contributed by atoms with van der Waals surface area (Å²) < 4.78 is 76.1. The third-order valence-corrected chi connectivity index (χ3v) is 3.24. The zero-order valence-corrected chi connectivity index (χ0v) is 12.4. The van der Waals surface area contributed by atoms with Crippen LogP contribution in [0.1, 0.15) is 21.5 Å². The van der Waals surface area contributed by atoms with Gasteiger partial charge in [-0.15, -0.1) is 0 Å². The Hall–Kier alpha value is -2.22. The van der Waals surface area contributed by atoms with Crippen LogP contribution in [0.25, 0.3) is 0 Å². The average molecular weight is 368 g/mol. The van der Waals surface area contributed by atoms with Crippen LogP contribution in [0.2, 0.25) is 5.02 Å². The van der Waals surface area contributed by atoms with Gasteiger partial charge in [-0.05, 0) is 42.5 Å². The minimum atomic E-state index is -4.78. The minimum Gasteiger partial charge on any atom is -0.322 e. The number of rotatable bonds is 2. The number of anilines is 1. The molecule has 1 N–H and O–H groups in total. The van der Waals surface area contributed by atoms with Crippen LogP contribution >= 0.6 is 11.6 Å². The maximum absolute atomic E-state index is 12.9. The number of hydrogen-bond donors (Lipinski definition) is 1. The third kappa shape index (κ3) is 4.19. The van der Waals surface area contributed by atoms with Crippen molar-refractivity contribution in [3.63, 3.8) is 0 Å². The number of nitrogens with one attached hydrogen (secondary N) is 1. The molecule has 2 nitrogen and oxygen atoms in total. The molecule has 9 heteroatoms. The van der Waals surface area contributed by atoms with Crippen LogP contribution in [0.4, 0.5) is 32.0 Å². The highest BCUT2D eigenvalue weighted by molar-refractivity contribution is 6.31. The molecule has 0 unspecified atom stereocenters. The summed E-state index contributed by atoms with van der Waals surface area (Å²) in [6.45, 7) is 0. The molecule has 2 aromatic rings. The lowest BCUT2D eigenvalue weighted by molar-refractivity contribution is -0.138. The number of carbonyl (C=O) groups excluding carboxylic acids is 1. The van der Waals surface area contributed by atoms with E-state index in [2.05, 4.69) is 5.32 Å². The van der Waals surface area contributed by atoms with Crippen molar-refractivity contribution in [1.29, 1.82) is 0 Å². The van der Waals surface area contributed by atoms with Gasteiger partial charge in [0.15, 0.2) is 0 Å². The number of carbonyl (C=O) groups is 1. The maximum Gasteiger partial charge on any atom is 0.417 e. The van der Waals surface area contributed by atoms with Gasteiger partial charge in [-0.3, -0.25) is 4.79 Å². The first-order valence-electron chi connectivity index (χ1n) is 6.34. The summed E-state index contributed by atoms with van der Waals surface area (Å²) in [6, 6.07) is 5.78. The number of benzene rings is 2. The van der Waals surface area contributed by atoms with Gasteiger partial charge < -0.3 is 5.32 Å².